The van der Waals surface area contributed by atoms with Crippen LogP contribution in [0.25, 0.3) is 0 Å². The molecule has 1 fully saturated rings. The summed E-state index contributed by atoms with van der Waals surface area (Å²) < 4.78 is 6.12. The molecule has 2 aromatic heterocycles. The maximum atomic E-state index is 6.12. The molecule has 1 aliphatic carbocycles. The van der Waals surface area contributed by atoms with E-state index in [-0.39, 0.29) is 0 Å². The first kappa shape index (κ1) is 18.6. The Kier molecular flexibility index (Phi) is 6.44. The summed E-state index contributed by atoms with van der Waals surface area (Å²) in [6.45, 7) is 3.38. The van der Waals surface area contributed by atoms with Crippen LogP contribution in [0, 0.1) is 6.92 Å². The molecule has 26 heavy (non-hydrogen) atoms. The SMILES string of the molecule is CN=C(NCc1cccnc1OC1CCCC1)N(C)Cc1csc(C)n1. The van der Waals surface area contributed by atoms with Gasteiger partial charge < -0.3 is 15.0 Å². The lowest BCUT2D eigenvalue weighted by Gasteiger charge is -2.22. The highest BCUT2D eigenvalue weighted by atomic mass is 32.1. The van der Waals surface area contributed by atoms with Gasteiger partial charge in [0.05, 0.1) is 17.2 Å². The van der Waals surface area contributed by atoms with Gasteiger partial charge in [0.25, 0.3) is 0 Å². The summed E-state index contributed by atoms with van der Waals surface area (Å²) in [4.78, 5) is 15.4. The van der Waals surface area contributed by atoms with Gasteiger partial charge in [-0.05, 0) is 38.7 Å². The molecule has 3 rings (SSSR count). The van der Waals surface area contributed by atoms with Gasteiger partial charge in [0.2, 0.25) is 5.88 Å². The predicted octanol–water partition coefficient (Wildman–Crippen LogP) is 3.38. The first-order valence-electron chi connectivity index (χ1n) is 9.09. The number of nitrogens with zero attached hydrogens (tertiary/aromatic N) is 4. The lowest BCUT2D eigenvalue weighted by molar-refractivity contribution is 0.199. The van der Waals surface area contributed by atoms with Gasteiger partial charge in [-0.3, -0.25) is 4.99 Å². The van der Waals surface area contributed by atoms with E-state index in [9.17, 15) is 0 Å². The van der Waals surface area contributed by atoms with Crippen molar-refractivity contribution >= 4 is 17.3 Å². The molecule has 0 saturated heterocycles. The van der Waals surface area contributed by atoms with Crippen LogP contribution in [0.5, 0.6) is 5.88 Å². The van der Waals surface area contributed by atoms with Gasteiger partial charge in [-0.1, -0.05) is 6.07 Å². The van der Waals surface area contributed by atoms with Crippen LogP contribution in [0.3, 0.4) is 0 Å². The average molecular weight is 374 g/mol. The topological polar surface area (TPSA) is 62.6 Å². The first-order valence-corrected chi connectivity index (χ1v) is 9.97. The zero-order valence-corrected chi connectivity index (χ0v) is 16.6. The monoisotopic (exact) mass is 373 g/mol. The van der Waals surface area contributed by atoms with Gasteiger partial charge in [0.15, 0.2) is 5.96 Å². The van der Waals surface area contributed by atoms with Crippen molar-refractivity contribution in [1.29, 1.82) is 0 Å². The van der Waals surface area contributed by atoms with Crippen LogP contribution in [-0.2, 0) is 13.1 Å². The third-order valence-corrected chi connectivity index (χ3v) is 5.33. The Bertz CT molecular complexity index is 739. The van der Waals surface area contributed by atoms with Gasteiger partial charge in [-0.25, -0.2) is 9.97 Å². The third-order valence-electron chi connectivity index (χ3n) is 4.51. The highest BCUT2D eigenvalue weighted by Crippen LogP contribution is 2.25. The van der Waals surface area contributed by atoms with Crippen LogP contribution >= 0.6 is 11.3 Å². The number of aromatic nitrogens is 2. The first-order chi connectivity index (χ1) is 12.7. The molecule has 0 aliphatic heterocycles. The molecular weight excluding hydrogens is 346 g/mol. The Balaban J connectivity index is 1.59. The highest BCUT2D eigenvalue weighted by molar-refractivity contribution is 7.09. The lowest BCUT2D eigenvalue weighted by atomic mass is 10.2. The van der Waals surface area contributed by atoms with Gasteiger partial charge in [0, 0.05) is 37.8 Å². The second-order valence-electron chi connectivity index (χ2n) is 6.61. The molecule has 0 atom stereocenters. The normalized spacial score (nSPS) is 15.3. The number of ether oxygens (including phenoxy) is 1. The van der Waals surface area contributed by atoms with E-state index in [1.807, 2.05) is 20.0 Å². The molecule has 1 aliphatic rings. The van der Waals surface area contributed by atoms with Crippen molar-refractivity contribution in [3.8, 4) is 5.88 Å². The van der Waals surface area contributed by atoms with Crippen molar-refractivity contribution in [3.05, 3.63) is 40.0 Å². The standard InChI is InChI=1S/C19H27N5OS/c1-14-23-16(13-26-14)12-24(3)19(20-2)22-11-15-7-6-10-21-18(15)25-17-8-4-5-9-17/h6-7,10,13,17H,4-5,8-9,11-12H2,1-3H3,(H,20,22). The van der Waals surface area contributed by atoms with Gasteiger partial charge in [0.1, 0.15) is 6.10 Å². The second-order valence-corrected chi connectivity index (χ2v) is 7.67. The molecule has 0 spiro atoms. The summed E-state index contributed by atoms with van der Waals surface area (Å²) in [6.07, 6.45) is 6.84. The maximum absolute atomic E-state index is 6.12. The predicted molar refractivity (Wildman–Crippen MR) is 106 cm³/mol. The van der Waals surface area contributed by atoms with E-state index in [1.54, 1.807) is 24.6 Å². The Morgan fingerprint density at radius 2 is 2.23 bits per heavy atom. The van der Waals surface area contributed by atoms with Gasteiger partial charge in [-0.15, -0.1) is 11.3 Å². The molecule has 2 aromatic rings. The lowest BCUT2D eigenvalue weighted by Crippen LogP contribution is -2.38. The van der Waals surface area contributed by atoms with Gasteiger partial charge >= 0.3 is 0 Å². The average Bonchev–Trinajstić information content (AvgIpc) is 3.28. The smallest absolute Gasteiger partial charge is 0.218 e. The minimum atomic E-state index is 0.304. The summed E-state index contributed by atoms with van der Waals surface area (Å²) in [6, 6.07) is 4.00. The number of nitrogens with one attached hydrogen (secondary N) is 1. The van der Waals surface area contributed by atoms with E-state index in [1.165, 1.54) is 12.8 Å². The zero-order chi connectivity index (χ0) is 18.4. The number of aryl methyl sites for hydroxylation is 1. The summed E-state index contributed by atoms with van der Waals surface area (Å²) in [5.41, 5.74) is 2.11. The van der Waals surface area contributed by atoms with Crippen LogP contribution < -0.4 is 10.1 Å². The largest absolute Gasteiger partial charge is 0.474 e. The Hall–Kier alpha value is -2.15. The molecule has 0 bridgehead atoms. The van der Waals surface area contributed by atoms with E-state index >= 15 is 0 Å². The van der Waals surface area contributed by atoms with Gasteiger partial charge in [-0.2, -0.15) is 0 Å². The van der Waals surface area contributed by atoms with Crippen LogP contribution in [0.1, 0.15) is 41.9 Å². The molecule has 1 N–H and O–H groups in total. The summed E-state index contributed by atoms with van der Waals surface area (Å²) in [5.74, 6) is 1.56. The van der Waals surface area contributed by atoms with E-state index in [0.717, 1.165) is 47.5 Å². The van der Waals surface area contributed by atoms with Crippen molar-refractivity contribution in [1.82, 2.24) is 20.2 Å². The van der Waals surface area contributed by atoms with Crippen molar-refractivity contribution in [2.75, 3.05) is 14.1 Å². The minimum Gasteiger partial charge on any atom is -0.474 e. The summed E-state index contributed by atoms with van der Waals surface area (Å²) in [5, 5.41) is 6.58. The van der Waals surface area contributed by atoms with Crippen LogP contribution in [-0.4, -0.2) is 41.0 Å². The summed E-state index contributed by atoms with van der Waals surface area (Å²) in [7, 11) is 3.81. The van der Waals surface area contributed by atoms with Crippen molar-refractivity contribution in [2.24, 2.45) is 4.99 Å². The summed E-state index contributed by atoms with van der Waals surface area (Å²) >= 11 is 1.67. The Morgan fingerprint density at radius 1 is 1.42 bits per heavy atom. The molecule has 0 aromatic carbocycles. The molecule has 2 heterocycles. The van der Waals surface area contributed by atoms with Crippen LogP contribution in [0.2, 0.25) is 0 Å². The fraction of sp³-hybridized carbons (Fsp3) is 0.526. The molecule has 1 saturated carbocycles. The number of hydrogen-bond donors (Lipinski definition) is 1. The fourth-order valence-electron chi connectivity index (χ4n) is 3.19. The van der Waals surface area contributed by atoms with Crippen molar-refractivity contribution in [2.45, 2.75) is 51.8 Å². The third kappa shape index (κ3) is 4.94. The van der Waals surface area contributed by atoms with Crippen molar-refractivity contribution < 1.29 is 4.74 Å². The molecule has 6 nitrogen and oxygen atoms in total. The number of thiazole rings is 1. The number of aliphatic imine (C=N–C) groups is 1. The molecule has 7 heteroatoms. The minimum absolute atomic E-state index is 0.304. The van der Waals surface area contributed by atoms with Crippen LogP contribution in [0.4, 0.5) is 0 Å². The maximum Gasteiger partial charge on any atom is 0.218 e. The van der Waals surface area contributed by atoms with E-state index in [0.29, 0.717) is 12.6 Å². The Labute approximate surface area is 159 Å². The molecule has 0 unspecified atom stereocenters. The molecule has 0 radical (unpaired) electrons. The van der Waals surface area contributed by atoms with Crippen LogP contribution in [0.15, 0.2) is 28.7 Å². The highest BCUT2D eigenvalue weighted by Gasteiger charge is 2.19. The second kappa shape index (κ2) is 8.98. The number of rotatable bonds is 6. The molecule has 140 valence electrons. The number of pyridine rings is 1. The molecule has 0 amide bonds. The number of hydrogen-bond acceptors (Lipinski definition) is 5. The quantitative estimate of drug-likeness (QED) is 0.621. The molecular formula is C19H27N5OS. The van der Waals surface area contributed by atoms with E-state index in [2.05, 4.69) is 36.6 Å². The van der Waals surface area contributed by atoms with E-state index in [4.69, 9.17) is 4.74 Å². The van der Waals surface area contributed by atoms with E-state index < -0.39 is 0 Å². The zero-order valence-electron chi connectivity index (χ0n) is 15.7. The number of guanidine groups is 1. The fourth-order valence-corrected chi connectivity index (χ4v) is 3.79. The Morgan fingerprint density at radius 3 is 2.92 bits per heavy atom. The van der Waals surface area contributed by atoms with Crippen molar-refractivity contribution in [3.63, 3.8) is 0 Å².